The zero-order valence-corrected chi connectivity index (χ0v) is 22.8. The number of aromatic carboxylic acids is 1. The van der Waals surface area contributed by atoms with E-state index in [-0.39, 0.29) is 53.6 Å². The molecule has 9 nitrogen and oxygen atoms in total. The smallest absolute Gasteiger partial charge is 0.355 e. The molecule has 4 atom stereocenters. The number of amides is 1. The van der Waals surface area contributed by atoms with E-state index in [4.69, 9.17) is 4.74 Å². The fourth-order valence-electron chi connectivity index (χ4n) is 5.24. The van der Waals surface area contributed by atoms with E-state index < -0.39 is 18.0 Å². The summed E-state index contributed by atoms with van der Waals surface area (Å²) in [6.07, 6.45) is 4.69. The standard InChI is InChI=1S/C26H39N3O6S/c1-15(2)21(13-23(35-16(3)30)24-27-19(14-36-24)26(33)34)29(5)25(32)18(17-9-10-17)12-22(31)20-8-6-7-11-28(20)4/h14-15,17-18,20-21,23H,6-13H2,1-5H3,(H,33,34)/t18-,20+,21+,23+/m0/s1. The van der Waals surface area contributed by atoms with E-state index in [1.165, 1.54) is 12.3 Å². The minimum absolute atomic E-state index is 0.0379. The first-order valence-corrected chi connectivity index (χ1v) is 13.7. The fraction of sp³-hybridized carbons (Fsp3) is 0.731. The molecule has 2 aliphatic rings. The molecule has 10 heteroatoms. The number of carboxylic acid groups (broad SMARTS) is 1. The molecule has 1 aromatic heterocycles. The van der Waals surface area contributed by atoms with Gasteiger partial charge in [0.15, 0.2) is 17.6 Å². The number of hydrogen-bond donors (Lipinski definition) is 1. The first-order valence-electron chi connectivity index (χ1n) is 12.8. The zero-order valence-electron chi connectivity index (χ0n) is 21.9. The highest BCUT2D eigenvalue weighted by atomic mass is 32.1. The van der Waals surface area contributed by atoms with E-state index in [0.717, 1.165) is 50.0 Å². The van der Waals surface area contributed by atoms with Crippen LogP contribution >= 0.6 is 11.3 Å². The van der Waals surface area contributed by atoms with E-state index in [2.05, 4.69) is 9.88 Å². The van der Waals surface area contributed by atoms with Crippen molar-refractivity contribution in [3.8, 4) is 0 Å². The average molecular weight is 522 g/mol. The number of carboxylic acids is 1. The molecule has 0 radical (unpaired) electrons. The molecule has 0 aromatic carbocycles. The van der Waals surface area contributed by atoms with Gasteiger partial charge in [-0.25, -0.2) is 9.78 Å². The van der Waals surface area contributed by atoms with E-state index in [1.54, 1.807) is 11.9 Å². The van der Waals surface area contributed by atoms with E-state index in [0.29, 0.717) is 11.4 Å². The maximum Gasteiger partial charge on any atom is 0.355 e. The third-order valence-corrected chi connectivity index (χ3v) is 8.40. The molecular formula is C26H39N3O6S. The number of likely N-dealkylation sites (N-methyl/N-ethyl adjacent to an activating group) is 1. The van der Waals surface area contributed by atoms with Crippen molar-refractivity contribution < 1.29 is 29.0 Å². The topological polar surface area (TPSA) is 117 Å². The van der Waals surface area contributed by atoms with Crippen LogP contribution < -0.4 is 0 Å². The Morgan fingerprint density at radius 1 is 1.22 bits per heavy atom. The molecule has 1 saturated heterocycles. The van der Waals surface area contributed by atoms with Crippen LogP contribution in [0.4, 0.5) is 0 Å². The Morgan fingerprint density at radius 2 is 1.92 bits per heavy atom. The summed E-state index contributed by atoms with van der Waals surface area (Å²) < 4.78 is 5.53. The normalized spacial score (nSPS) is 21.0. The molecule has 2 heterocycles. The first-order chi connectivity index (χ1) is 17.0. The lowest BCUT2D eigenvalue weighted by molar-refractivity contribution is -0.149. The summed E-state index contributed by atoms with van der Waals surface area (Å²) in [5.41, 5.74) is -0.0994. The van der Waals surface area contributed by atoms with Gasteiger partial charge in [0.1, 0.15) is 5.01 Å². The Kier molecular flexibility index (Phi) is 9.63. The molecule has 1 aromatic rings. The van der Waals surface area contributed by atoms with Gasteiger partial charge < -0.3 is 14.7 Å². The molecule has 0 bridgehead atoms. The van der Waals surface area contributed by atoms with Crippen LogP contribution in [0.1, 0.15) is 87.3 Å². The number of likely N-dealkylation sites (tertiary alicyclic amines) is 1. The van der Waals surface area contributed by atoms with Crippen LogP contribution in [-0.4, -0.2) is 76.2 Å². The van der Waals surface area contributed by atoms with Crippen molar-refractivity contribution in [1.82, 2.24) is 14.8 Å². The van der Waals surface area contributed by atoms with Crippen molar-refractivity contribution in [1.29, 1.82) is 0 Å². The Morgan fingerprint density at radius 3 is 2.44 bits per heavy atom. The highest BCUT2D eigenvalue weighted by molar-refractivity contribution is 7.09. The molecule has 36 heavy (non-hydrogen) atoms. The summed E-state index contributed by atoms with van der Waals surface area (Å²) in [7, 11) is 3.75. The number of rotatable bonds is 12. The van der Waals surface area contributed by atoms with Crippen LogP contribution in [0.25, 0.3) is 0 Å². The molecule has 0 unspecified atom stereocenters. The number of nitrogens with zero attached hydrogens (tertiary/aromatic N) is 3. The Hall–Kier alpha value is -2.33. The van der Waals surface area contributed by atoms with Crippen molar-refractivity contribution in [2.24, 2.45) is 17.8 Å². The van der Waals surface area contributed by atoms with Gasteiger partial charge in [0.05, 0.1) is 6.04 Å². The molecule has 1 N–H and O–H groups in total. The minimum atomic E-state index is -1.15. The molecule has 1 aliphatic heterocycles. The zero-order chi connectivity index (χ0) is 26.6. The second-order valence-electron chi connectivity index (χ2n) is 10.6. The van der Waals surface area contributed by atoms with E-state index in [9.17, 15) is 24.3 Å². The fourth-order valence-corrected chi connectivity index (χ4v) is 6.08. The first kappa shape index (κ1) is 28.2. The number of aromatic nitrogens is 1. The van der Waals surface area contributed by atoms with Crippen LogP contribution in [0.5, 0.6) is 0 Å². The number of carbonyl (C=O) groups excluding carboxylic acids is 3. The summed E-state index contributed by atoms with van der Waals surface area (Å²) in [6.45, 7) is 6.21. The summed E-state index contributed by atoms with van der Waals surface area (Å²) in [5.74, 6) is -1.62. The number of thiazole rings is 1. The maximum absolute atomic E-state index is 13.8. The lowest BCUT2D eigenvalue weighted by Gasteiger charge is -2.36. The summed E-state index contributed by atoms with van der Waals surface area (Å²) >= 11 is 1.13. The van der Waals surface area contributed by atoms with Crippen molar-refractivity contribution in [2.75, 3.05) is 20.6 Å². The molecule has 200 valence electrons. The van der Waals surface area contributed by atoms with Crippen LogP contribution in [0.2, 0.25) is 0 Å². The molecule has 1 aliphatic carbocycles. The summed E-state index contributed by atoms with van der Waals surface area (Å²) in [6, 6.07) is -0.395. The number of ketones is 1. The van der Waals surface area contributed by atoms with Crippen LogP contribution in [0, 0.1) is 17.8 Å². The maximum atomic E-state index is 13.8. The van der Waals surface area contributed by atoms with Gasteiger partial charge in [0.2, 0.25) is 5.91 Å². The van der Waals surface area contributed by atoms with E-state index >= 15 is 0 Å². The number of ether oxygens (including phenoxy) is 1. The highest BCUT2D eigenvalue weighted by Crippen LogP contribution is 2.41. The van der Waals surface area contributed by atoms with Gasteiger partial charge in [-0.15, -0.1) is 11.3 Å². The SMILES string of the molecule is CC(=O)O[C@H](C[C@H](C(C)C)N(C)C(=O)[C@@H](CC(=O)[C@H]1CCCCN1C)C1CC1)c1nc(C(=O)O)cs1. The van der Waals surface area contributed by atoms with Gasteiger partial charge in [-0.05, 0) is 51.1 Å². The number of esters is 1. The van der Waals surface area contributed by atoms with Crippen LogP contribution in [0.3, 0.4) is 0 Å². The van der Waals surface area contributed by atoms with Gasteiger partial charge in [-0.3, -0.25) is 19.3 Å². The monoisotopic (exact) mass is 521 g/mol. The Labute approximate surface area is 217 Å². The molecule has 1 amide bonds. The number of carbonyl (C=O) groups is 4. The second-order valence-corrected chi connectivity index (χ2v) is 11.5. The lowest BCUT2D eigenvalue weighted by atomic mass is 9.88. The molecule has 1 saturated carbocycles. The van der Waals surface area contributed by atoms with Gasteiger partial charge in [-0.1, -0.05) is 20.3 Å². The van der Waals surface area contributed by atoms with Crippen LogP contribution in [0.15, 0.2) is 5.38 Å². The van der Waals surface area contributed by atoms with Crippen molar-refractivity contribution in [3.05, 3.63) is 16.1 Å². The molecule has 2 fully saturated rings. The number of hydrogen-bond acceptors (Lipinski definition) is 8. The van der Waals surface area contributed by atoms with Gasteiger partial charge in [0, 0.05) is 44.2 Å². The second kappa shape index (κ2) is 12.3. The largest absolute Gasteiger partial charge is 0.476 e. The van der Waals surface area contributed by atoms with Gasteiger partial charge in [-0.2, -0.15) is 0 Å². The quantitative estimate of drug-likeness (QED) is 0.413. The summed E-state index contributed by atoms with van der Waals surface area (Å²) in [4.78, 5) is 58.1. The molecular weight excluding hydrogens is 482 g/mol. The van der Waals surface area contributed by atoms with Crippen molar-refractivity contribution in [3.63, 3.8) is 0 Å². The average Bonchev–Trinajstić information content (AvgIpc) is 3.53. The number of Topliss-reactive ketones (excluding diaryl/α,β-unsaturated/α-hetero) is 1. The summed E-state index contributed by atoms with van der Waals surface area (Å²) in [5, 5.41) is 11.1. The predicted octanol–water partition coefficient (Wildman–Crippen LogP) is 3.79. The number of piperidine rings is 1. The van der Waals surface area contributed by atoms with Gasteiger partial charge >= 0.3 is 11.9 Å². The van der Waals surface area contributed by atoms with Crippen molar-refractivity contribution in [2.45, 2.75) is 83.9 Å². The third kappa shape index (κ3) is 7.12. The van der Waals surface area contributed by atoms with E-state index in [1.807, 2.05) is 20.9 Å². The molecule has 0 spiro atoms. The third-order valence-electron chi connectivity index (χ3n) is 7.47. The predicted molar refractivity (Wildman–Crippen MR) is 136 cm³/mol. The Bertz CT molecular complexity index is 959. The molecule has 3 rings (SSSR count). The minimum Gasteiger partial charge on any atom is -0.476 e. The Balaban J connectivity index is 1.76. The van der Waals surface area contributed by atoms with Crippen LogP contribution in [-0.2, 0) is 19.1 Å². The highest BCUT2D eigenvalue weighted by Gasteiger charge is 2.42. The van der Waals surface area contributed by atoms with Gasteiger partial charge in [0.25, 0.3) is 0 Å². The lowest BCUT2D eigenvalue weighted by Crippen LogP contribution is -2.47. The van der Waals surface area contributed by atoms with Crippen molar-refractivity contribution >= 4 is 35.0 Å².